The van der Waals surface area contributed by atoms with Gasteiger partial charge in [-0.05, 0) is 44.8 Å². The average Bonchev–Trinajstić information content (AvgIpc) is 2.29. The Balaban J connectivity index is 0.00000112. The number of rotatable bonds is 3. The Morgan fingerprint density at radius 2 is 1.40 bits per heavy atom. The quantitative estimate of drug-likeness (QED) is 0.713. The first-order valence-corrected chi connectivity index (χ1v) is 6.67. The lowest BCUT2D eigenvalue weighted by Gasteiger charge is -2.29. The molecule has 1 aliphatic carbocycles. The highest BCUT2D eigenvalue weighted by Gasteiger charge is 2.15. The molecule has 0 bridgehead atoms. The molecule has 0 atom stereocenters. The minimum absolute atomic E-state index is 0. The zero-order chi connectivity index (χ0) is 9.64. The van der Waals surface area contributed by atoms with E-state index in [-0.39, 0.29) is 12.4 Å². The SMILES string of the molecule is C1CCC(CCN2CCCCC2)CC1.Cl. The average molecular weight is 232 g/mol. The molecule has 0 N–H and O–H groups in total. The Morgan fingerprint density at radius 3 is 2.07 bits per heavy atom. The minimum Gasteiger partial charge on any atom is -0.303 e. The highest BCUT2D eigenvalue weighted by atomic mass is 35.5. The molecular weight excluding hydrogens is 206 g/mol. The van der Waals surface area contributed by atoms with Gasteiger partial charge >= 0.3 is 0 Å². The Labute approximate surface area is 101 Å². The van der Waals surface area contributed by atoms with Crippen molar-refractivity contribution in [2.75, 3.05) is 19.6 Å². The van der Waals surface area contributed by atoms with Crippen molar-refractivity contribution in [2.45, 2.75) is 57.8 Å². The fourth-order valence-electron chi connectivity index (χ4n) is 3.02. The number of nitrogens with zero attached hydrogens (tertiary/aromatic N) is 1. The van der Waals surface area contributed by atoms with Crippen LogP contribution < -0.4 is 0 Å². The summed E-state index contributed by atoms with van der Waals surface area (Å²) in [5.74, 6) is 1.07. The smallest absolute Gasteiger partial charge is 0.00161 e. The zero-order valence-corrected chi connectivity index (χ0v) is 10.7. The maximum Gasteiger partial charge on any atom is -0.00161 e. The molecule has 90 valence electrons. The van der Waals surface area contributed by atoms with E-state index in [1.165, 1.54) is 77.4 Å². The van der Waals surface area contributed by atoms with Crippen molar-refractivity contribution < 1.29 is 0 Å². The van der Waals surface area contributed by atoms with Crippen LogP contribution in [0.5, 0.6) is 0 Å². The van der Waals surface area contributed by atoms with Gasteiger partial charge in [-0.3, -0.25) is 0 Å². The molecule has 1 aliphatic heterocycles. The number of piperidine rings is 1. The van der Waals surface area contributed by atoms with Gasteiger partial charge in [0.15, 0.2) is 0 Å². The predicted molar refractivity (Wildman–Crippen MR) is 68.7 cm³/mol. The van der Waals surface area contributed by atoms with Gasteiger partial charge in [0.25, 0.3) is 0 Å². The maximum absolute atomic E-state index is 2.69. The van der Waals surface area contributed by atoms with Crippen LogP contribution in [-0.2, 0) is 0 Å². The van der Waals surface area contributed by atoms with E-state index < -0.39 is 0 Å². The van der Waals surface area contributed by atoms with Crippen LogP contribution >= 0.6 is 12.4 Å². The molecular formula is C13H26ClN. The van der Waals surface area contributed by atoms with Gasteiger partial charge in [-0.15, -0.1) is 12.4 Å². The minimum atomic E-state index is 0. The largest absolute Gasteiger partial charge is 0.303 e. The molecule has 0 amide bonds. The Bertz CT molecular complexity index is 131. The monoisotopic (exact) mass is 231 g/mol. The highest BCUT2D eigenvalue weighted by molar-refractivity contribution is 5.85. The van der Waals surface area contributed by atoms with Crippen LogP contribution in [0.3, 0.4) is 0 Å². The van der Waals surface area contributed by atoms with Gasteiger partial charge in [0.1, 0.15) is 0 Å². The van der Waals surface area contributed by atoms with E-state index in [1.807, 2.05) is 0 Å². The van der Waals surface area contributed by atoms with Gasteiger partial charge in [0, 0.05) is 0 Å². The van der Waals surface area contributed by atoms with Crippen molar-refractivity contribution in [1.29, 1.82) is 0 Å². The lowest BCUT2D eigenvalue weighted by Crippen LogP contribution is -2.31. The van der Waals surface area contributed by atoms with Gasteiger partial charge in [0.2, 0.25) is 0 Å². The lowest BCUT2D eigenvalue weighted by atomic mass is 9.87. The molecule has 2 heteroatoms. The van der Waals surface area contributed by atoms with Gasteiger partial charge in [-0.2, -0.15) is 0 Å². The Kier molecular flexibility index (Phi) is 6.67. The summed E-state index contributed by atoms with van der Waals surface area (Å²) in [5.41, 5.74) is 0. The van der Waals surface area contributed by atoms with Crippen LogP contribution in [-0.4, -0.2) is 24.5 Å². The lowest BCUT2D eigenvalue weighted by molar-refractivity contribution is 0.201. The van der Waals surface area contributed by atoms with Crippen molar-refractivity contribution in [1.82, 2.24) is 4.90 Å². The highest BCUT2D eigenvalue weighted by Crippen LogP contribution is 2.26. The fraction of sp³-hybridized carbons (Fsp3) is 1.00. The van der Waals surface area contributed by atoms with Crippen LogP contribution in [0, 0.1) is 5.92 Å². The number of likely N-dealkylation sites (tertiary alicyclic amines) is 1. The second-order valence-electron chi connectivity index (χ2n) is 5.20. The molecule has 0 radical (unpaired) electrons. The third-order valence-corrected chi connectivity index (χ3v) is 4.03. The number of halogens is 1. The van der Waals surface area contributed by atoms with E-state index in [0.717, 1.165) is 5.92 Å². The zero-order valence-electron chi connectivity index (χ0n) is 9.92. The molecule has 1 saturated heterocycles. The molecule has 15 heavy (non-hydrogen) atoms. The van der Waals surface area contributed by atoms with Crippen LogP contribution in [0.1, 0.15) is 57.8 Å². The molecule has 2 aliphatic rings. The molecule has 0 aromatic carbocycles. The number of hydrogen-bond donors (Lipinski definition) is 0. The molecule has 2 rings (SSSR count). The fourth-order valence-corrected chi connectivity index (χ4v) is 3.02. The molecule has 1 heterocycles. The summed E-state index contributed by atoms with van der Waals surface area (Å²) < 4.78 is 0. The normalized spacial score (nSPS) is 24.8. The van der Waals surface area contributed by atoms with Crippen LogP contribution in [0.15, 0.2) is 0 Å². The van der Waals surface area contributed by atoms with E-state index in [2.05, 4.69) is 4.90 Å². The summed E-state index contributed by atoms with van der Waals surface area (Å²) in [4.78, 5) is 2.69. The first kappa shape index (κ1) is 13.3. The molecule has 0 aromatic rings. The van der Waals surface area contributed by atoms with E-state index in [1.54, 1.807) is 0 Å². The predicted octanol–water partition coefficient (Wildman–Crippen LogP) is 3.86. The topological polar surface area (TPSA) is 3.24 Å². The van der Waals surface area contributed by atoms with Gasteiger partial charge in [-0.1, -0.05) is 38.5 Å². The first-order valence-electron chi connectivity index (χ1n) is 6.67. The third-order valence-electron chi connectivity index (χ3n) is 4.03. The summed E-state index contributed by atoms with van der Waals surface area (Å²) in [6.07, 6.45) is 13.4. The van der Waals surface area contributed by atoms with E-state index in [9.17, 15) is 0 Å². The summed E-state index contributed by atoms with van der Waals surface area (Å²) in [6, 6.07) is 0. The second-order valence-corrected chi connectivity index (χ2v) is 5.20. The van der Waals surface area contributed by atoms with Crippen molar-refractivity contribution in [3.05, 3.63) is 0 Å². The molecule has 1 saturated carbocycles. The van der Waals surface area contributed by atoms with Crippen molar-refractivity contribution in [2.24, 2.45) is 5.92 Å². The van der Waals surface area contributed by atoms with E-state index >= 15 is 0 Å². The third kappa shape index (κ3) is 4.74. The second kappa shape index (κ2) is 7.51. The van der Waals surface area contributed by atoms with Crippen molar-refractivity contribution in [3.63, 3.8) is 0 Å². The van der Waals surface area contributed by atoms with Crippen LogP contribution in [0.25, 0.3) is 0 Å². The summed E-state index contributed by atoms with van der Waals surface area (Å²) >= 11 is 0. The molecule has 0 aromatic heterocycles. The van der Waals surface area contributed by atoms with Crippen LogP contribution in [0.4, 0.5) is 0 Å². The Hall–Kier alpha value is 0.250. The van der Waals surface area contributed by atoms with E-state index in [0.29, 0.717) is 0 Å². The molecule has 1 nitrogen and oxygen atoms in total. The summed E-state index contributed by atoms with van der Waals surface area (Å²) in [6.45, 7) is 4.16. The summed E-state index contributed by atoms with van der Waals surface area (Å²) in [5, 5.41) is 0. The van der Waals surface area contributed by atoms with Crippen molar-refractivity contribution >= 4 is 12.4 Å². The van der Waals surface area contributed by atoms with Gasteiger partial charge in [0.05, 0.1) is 0 Å². The van der Waals surface area contributed by atoms with Crippen molar-refractivity contribution in [3.8, 4) is 0 Å². The molecule has 0 spiro atoms. The molecule has 2 fully saturated rings. The standard InChI is InChI=1S/C13H25N.ClH/c1-3-7-13(8-4-1)9-12-14-10-5-2-6-11-14;/h13H,1-12H2;1H. The van der Waals surface area contributed by atoms with Gasteiger partial charge < -0.3 is 4.90 Å². The molecule has 0 unspecified atom stereocenters. The van der Waals surface area contributed by atoms with E-state index in [4.69, 9.17) is 0 Å². The van der Waals surface area contributed by atoms with Gasteiger partial charge in [-0.25, -0.2) is 0 Å². The first-order chi connectivity index (χ1) is 6.95. The maximum atomic E-state index is 2.69. The van der Waals surface area contributed by atoms with Crippen LogP contribution in [0.2, 0.25) is 0 Å². The number of hydrogen-bond acceptors (Lipinski definition) is 1. The summed E-state index contributed by atoms with van der Waals surface area (Å²) in [7, 11) is 0. The Morgan fingerprint density at radius 1 is 0.800 bits per heavy atom.